The molecule has 1 heterocycles. The van der Waals surface area contributed by atoms with E-state index >= 15 is 0 Å². The number of carbonyl (C=O) groups excluding carboxylic acids is 1. The van der Waals surface area contributed by atoms with Crippen LogP contribution in [0.25, 0.3) is 0 Å². The van der Waals surface area contributed by atoms with Crippen LogP contribution in [0, 0.1) is 11.8 Å². The Kier molecular flexibility index (Phi) is 12.7. The zero-order valence-electron chi connectivity index (χ0n) is 20.1. The SMILES string of the molecule is C=C/C(Cl)=C(\C(=C)Cl)S(=O)N(C)CCOCC(=O)N(C)CC1CCC(CN2CCCC2)CC1. The summed E-state index contributed by atoms with van der Waals surface area (Å²) in [5.41, 5.74) is 0. The highest BCUT2D eigenvalue weighted by Gasteiger charge is 2.26. The molecule has 2 fully saturated rings. The minimum absolute atomic E-state index is 0.0135. The maximum absolute atomic E-state index is 12.6. The summed E-state index contributed by atoms with van der Waals surface area (Å²) in [6.07, 6.45) is 9.01. The van der Waals surface area contributed by atoms with Crippen LogP contribution < -0.4 is 0 Å². The lowest BCUT2D eigenvalue weighted by Crippen LogP contribution is -2.37. The highest BCUT2D eigenvalue weighted by molar-refractivity contribution is 7.87. The number of likely N-dealkylation sites (N-methyl/N-ethyl adjacent to an activating group) is 2. The van der Waals surface area contributed by atoms with Crippen LogP contribution in [0.4, 0.5) is 0 Å². The van der Waals surface area contributed by atoms with Gasteiger partial charge in [0.1, 0.15) is 17.6 Å². The van der Waals surface area contributed by atoms with Gasteiger partial charge in [-0.25, -0.2) is 8.51 Å². The van der Waals surface area contributed by atoms with Crippen molar-refractivity contribution in [3.05, 3.63) is 34.2 Å². The third kappa shape index (κ3) is 9.46. The lowest BCUT2D eigenvalue weighted by Gasteiger charge is -2.33. The van der Waals surface area contributed by atoms with Crippen LogP contribution in [-0.2, 0) is 20.5 Å². The van der Waals surface area contributed by atoms with Crippen molar-refractivity contribution in [2.45, 2.75) is 38.5 Å². The second kappa shape index (κ2) is 14.6. The first-order chi connectivity index (χ1) is 15.7. The number of hydrogen-bond acceptors (Lipinski definition) is 4. The summed E-state index contributed by atoms with van der Waals surface area (Å²) in [6, 6.07) is 0. The molecule has 1 saturated carbocycles. The molecule has 1 amide bonds. The van der Waals surface area contributed by atoms with Gasteiger partial charge >= 0.3 is 0 Å². The summed E-state index contributed by atoms with van der Waals surface area (Å²) in [7, 11) is 1.92. The standard InChI is InChI=1S/C24H39Cl2N3O3S/c1-5-22(26)24(19(2)25)33(31)28(4)14-15-32-18-23(30)27(3)16-20-8-10-21(11-9-20)17-29-12-6-7-13-29/h5,20-21H,1-2,6-18H2,3-4H3/b24-22-. The van der Waals surface area contributed by atoms with Crippen LogP contribution in [-0.4, -0.2) is 84.3 Å². The van der Waals surface area contributed by atoms with Crippen LogP contribution in [0.5, 0.6) is 0 Å². The van der Waals surface area contributed by atoms with E-state index in [1.807, 2.05) is 7.05 Å². The quantitative estimate of drug-likeness (QED) is 0.268. The summed E-state index contributed by atoms with van der Waals surface area (Å²) in [6.45, 7) is 12.4. The number of nitrogens with zero attached hydrogens (tertiary/aromatic N) is 3. The van der Waals surface area contributed by atoms with Gasteiger partial charge in [0.25, 0.3) is 0 Å². The molecule has 2 rings (SSSR count). The molecule has 0 bridgehead atoms. The highest BCUT2D eigenvalue weighted by Crippen LogP contribution is 2.30. The van der Waals surface area contributed by atoms with Gasteiger partial charge in [0.05, 0.1) is 21.6 Å². The zero-order valence-corrected chi connectivity index (χ0v) is 22.4. The summed E-state index contributed by atoms with van der Waals surface area (Å²) in [4.78, 5) is 17.1. The average Bonchev–Trinajstić information content (AvgIpc) is 3.30. The van der Waals surface area contributed by atoms with Crippen LogP contribution in [0.3, 0.4) is 0 Å². The Hall–Kier alpha value is -0.700. The van der Waals surface area contributed by atoms with E-state index < -0.39 is 11.0 Å². The van der Waals surface area contributed by atoms with Crippen LogP contribution in [0.1, 0.15) is 38.5 Å². The number of hydrogen-bond donors (Lipinski definition) is 0. The minimum atomic E-state index is -1.60. The Bertz CT molecular complexity index is 732. The summed E-state index contributed by atoms with van der Waals surface area (Å²) >= 11 is 12.0. The van der Waals surface area contributed by atoms with Crippen molar-refractivity contribution < 1.29 is 13.7 Å². The monoisotopic (exact) mass is 519 g/mol. The second-order valence-electron chi connectivity index (χ2n) is 9.11. The molecule has 0 aromatic carbocycles. The van der Waals surface area contributed by atoms with E-state index in [1.54, 1.807) is 16.3 Å². The molecule has 188 valence electrons. The Morgan fingerprint density at radius 3 is 2.33 bits per heavy atom. The molecule has 0 spiro atoms. The molecule has 0 aromatic heterocycles. The molecule has 33 heavy (non-hydrogen) atoms. The van der Waals surface area contributed by atoms with Crippen LogP contribution in [0.15, 0.2) is 34.2 Å². The first kappa shape index (κ1) is 28.5. The van der Waals surface area contributed by atoms with Crippen molar-refractivity contribution in [3.63, 3.8) is 0 Å². The topological polar surface area (TPSA) is 53.1 Å². The van der Waals surface area contributed by atoms with Crippen molar-refractivity contribution in [1.29, 1.82) is 0 Å². The molecule has 0 radical (unpaired) electrons. The Morgan fingerprint density at radius 1 is 1.15 bits per heavy atom. The minimum Gasteiger partial charge on any atom is -0.370 e. The predicted octanol–water partition coefficient (Wildman–Crippen LogP) is 4.35. The predicted molar refractivity (Wildman–Crippen MR) is 138 cm³/mol. The fourth-order valence-corrected chi connectivity index (χ4v) is 6.17. The number of likely N-dealkylation sites (tertiary alicyclic amines) is 1. The maximum Gasteiger partial charge on any atom is 0.248 e. The molecule has 0 N–H and O–H groups in total. The van der Waals surface area contributed by atoms with Crippen molar-refractivity contribution in [2.24, 2.45) is 11.8 Å². The van der Waals surface area contributed by atoms with Gasteiger partial charge in [0.2, 0.25) is 5.91 Å². The first-order valence-electron chi connectivity index (χ1n) is 11.8. The number of allylic oxidation sites excluding steroid dienone is 3. The molecule has 1 aliphatic heterocycles. The highest BCUT2D eigenvalue weighted by atomic mass is 35.5. The number of halogens is 2. The molecule has 2 aliphatic rings. The van der Waals surface area contributed by atoms with E-state index in [4.69, 9.17) is 27.9 Å². The summed E-state index contributed by atoms with van der Waals surface area (Å²) in [5.74, 6) is 1.37. The largest absolute Gasteiger partial charge is 0.370 e. The lowest BCUT2D eigenvalue weighted by molar-refractivity contribution is -0.135. The van der Waals surface area contributed by atoms with Crippen molar-refractivity contribution in [1.82, 2.24) is 14.1 Å². The normalized spacial score (nSPS) is 23.3. The molecule has 1 atom stereocenters. The van der Waals surface area contributed by atoms with E-state index in [1.165, 1.54) is 64.2 Å². The maximum atomic E-state index is 12.6. The lowest BCUT2D eigenvalue weighted by atomic mass is 9.81. The average molecular weight is 521 g/mol. The third-order valence-electron chi connectivity index (χ3n) is 6.52. The number of ether oxygens (including phenoxy) is 1. The van der Waals surface area contributed by atoms with Gasteiger partial charge in [0, 0.05) is 33.7 Å². The van der Waals surface area contributed by atoms with Gasteiger partial charge < -0.3 is 14.5 Å². The van der Waals surface area contributed by atoms with Crippen molar-refractivity contribution in [2.75, 3.05) is 60.0 Å². The van der Waals surface area contributed by atoms with Crippen LogP contribution >= 0.6 is 23.2 Å². The molecule has 9 heteroatoms. The van der Waals surface area contributed by atoms with E-state index in [0.717, 1.165) is 12.5 Å². The molecule has 1 aliphatic carbocycles. The molecule has 0 aromatic rings. The molecule has 1 unspecified atom stereocenters. The zero-order chi connectivity index (χ0) is 24.4. The van der Waals surface area contributed by atoms with E-state index in [9.17, 15) is 9.00 Å². The van der Waals surface area contributed by atoms with Gasteiger partial charge in [0.15, 0.2) is 0 Å². The second-order valence-corrected chi connectivity index (χ2v) is 11.5. The van der Waals surface area contributed by atoms with Crippen molar-refractivity contribution in [3.8, 4) is 0 Å². The fraction of sp³-hybridized carbons (Fsp3) is 0.708. The van der Waals surface area contributed by atoms with Gasteiger partial charge in [-0.2, -0.15) is 0 Å². The summed E-state index contributed by atoms with van der Waals surface area (Å²) < 4.78 is 19.7. The van der Waals surface area contributed by atoms with Gasteiger partial charge in [-0.1, -0.05) is 36.4 Å². The van der Waals surface area contributed by atoms with Gasteiger partial charge in [-0.3, -0.25) is 4.79 Å². The smallest absolute Gasteiger partial charge is 0.248 e. The van der Waals surface area contributed by atoms with E-state index in [0.29, 0.717) is 12.5 Å². The number of amides is 1. The molecular formula is C24H39Cl2N3O3S. The molecular weight excluding hydrogens is 481 g/mol. The summed E-state index contributed by atoms with van der Waals surface area (Å²) in [5, 5.41) is 0.302. The van der Waals surface area contributed by atoms with Gasteiger partial charge in [-0.15, -0.1) is 0 Å². The fourth-order valence-electron chi connectivity index (χ4n) is 4.52. The van der Waals surface area contributed by atoms with Crippen molar-refractivity contribution >= 4 is 40.1 Å². The van der Waals surface area contributed by atoms with Crippen LogP contribution in [0.2, 0.25) is 0 Å². The van der Waals surface area contributed by atoms with E-state index in [2.05, 4.69) is 18.1 Å². The molecule has 1 saturated heterocycles. The number of rotatable bonds is 13. The Morgan fingerprint density at radius 2 is 1.76 bits per heavy atom. The molecule has 6 nitrogen and oxygen atoms in total. The third-order valence-corrected chi connectivity index (χ3v) is 8.84. The Labute approximate surface area is 212 Å². The first-order valence-corrected chi connectivity index (χ1v) is 13.6. The van der Waals surface area contributed by atoms with Gasteiger partial charge in [-0.05, 0) is 69.5 Å². The Balaban J connectivity index is 1.64. The number of carbonyl (C=O) groups is 1. The van der Waals surface area contributed by atoms with E-state index in [-0.39, 0.29) is 34.1 Å².